The lowest BCUT2D eigenvalue weighted by Crippen LogP contribution is -2.29. The van der Waals surface area contributed by atoms with Gasteiger partial charge < -0.3 is 20.5 Å². The molecular formula is C13H20Cl2N2O3. The molecule has 0 saturated carbocycles. The van der Waals surface area contributed by atoms with Crippen molar-refractivity contribution in [1.82, 2.24) is 4.90 Å². The zero-order valence-electron chi connectivity index (χ0n) is 11.7. The van der Waals surface area contributed by atoms with Crippen LogP contribution >= 0.6 is 24.0 Å². The van der Waals surface area contributed by atoms with Gasteiger partial charge in [0.25, 0.3) is 5.91 Å². The Balaban J connectivity index is 0.00000361. The number of nitrogens with two attached hydrogens (primary N) is 1. The topological polar surface area (TPSA) is 75.8 Å². The molecule has 114 valence electrons. The third-order valence-electron chi connectivity index (χ3n) is 2.78. The number of anilines is 1. The lowest BCUT2D eigenvalue weighted by Gasteiger charge is -2.20. The molecule has 0 heterocycles. The van der Waals surface area contributed by atoms with Crippen molar-refractivity contribution in [2.75, 3.05) is 26.4 Å². The first-order valence-electron chi connectivity index (χ1n) is 5.93. The van der Waals surface area contributed by atoms with E-state index >= 15 is 0 Å². The Morgan fingerprint density at radius 1 is 1.55 bits per heavy atom. The van der Waals surface area contributed by atoms with Gasteiger partial charge in [-0.15, -0.1) is 12.4 Å². The molecule has 0 radical (unpaired) electrons. The van der Waals surface area contributed by atoms with Gasteiger partial charge in [-0.2, -0.15) is 0 Å². The standard InChI is InChI=1S/C13H19ClN2O3.ClH/c1-8(17)4-5-16(2)13(18)9-6-10(14)11(15)7-12(9)19-3;/h6-8,17H,4-5,15H2,1-3H3;1H. The predicted molar refractivity (Wildman–Crippen MR) is 82.9 cm³/mol. The van der Waals surface area contributed by atoms with Crippen molar-refractivity contribution in [3.05, 3.63) is 22.7 Å². The van der Waals surface area contributed by atoms with Gasteiger partial charge in [0, 0.05) is 19.7 Å². The zero-order valence-corrected chi connectivity index (χ0v) is 13.3. The van der Waals surface area contributed by atoms with Gasteiger partial charge >= 0.3 is 0 Å². The number of aliphatic hydroxyl groups excluding tert-OH is 1. The Morgan fingerprint density at radius 3 is 2.65 bits per heavy atom. The highest BCUT2D eigenvalue weighted by Crippen LogP contribution is 2.29. The number of amides is 1. The van der Waals surface area contributed by atoms with E-state index in [1.54, 1.807) is 14.0 Å². The molecule has 1 aromatic carbocycles. The van der Waals surface area contributed by atoms with E-state index in [0.717, 1.165) is 0 Å². The number of rotatable bonds is 5. The van der Waals surface area contributed by atoms with Crippen LogP contribution in [0.3, 0.4) is 0 Å². The van der Waals surface area contributed by atoms with Crippen LogP contribution in [-0.4, -0.2) is 42.7 Å². The first-order valence-corrected chi connectivity index (χ1v) is 6.31. The number of carbonyl (C=O) groups is 1. The van der Waals surface area contributed by atoms with Crippen molar-refractivity contribution < 1.29 is 14.6 Å². The monoisotopic (exact) mass is 322 g/mol. The average Bonchev–Trinajstić information content (AvgIpc) is 2.37. The maximum absolute atomic E-state index is 12.3. The lowest BCUT2D eigenvalue weighted by atomic mass is 10.1. The van der Waals surface area contributed by atoms with Crippen molar-refractivity contribution in [1.29, 1.82) is 0 Å². The molecule has 1 rings (SSSR count). The van der Waals surface area contributed by atoms with Gasteiger partial charge in [-0.25, -0.2) is 0 Å². The molecule has 1 atom stereocenters. The smallest absolute Gasteiger partial charge is 0.257 e. The molecule has 1 unspecified atom stereocenters. The van der Waals surface area contributed by atoms with Crippen LogP contribution in [0.25, 0.3) is 0 Å². The summed E-state index contributed by atoms with van der Waals surface area (Å²) in [4.78, 5) is 13.8. The molecule has 0 bridgehead atoms. The number of hydrogen-bond acceptors (Lipinski definition) is 4. The number of hydrogen-bond donors (Lipinski definition) is 2. The quantitative estimate of drug-likeness (QED) is 0.815. The van der Waals surface area contributed by atoms with Crippen molar-refractivity contribution in [2.24, 2.45) is 0 Å². The Kier molecular flexibility index (Phi) is 7.71. The molecule has 0 aliphatic carbocycles. The molecule has 3 N–H and O–H groups in total. The number of benzene rings is 1. The van der Waals surface area contributed by atoms with Gasteiger partial charge in [0.2, 0.25) is 0 Å². The van der Waals surface area contributed by atoms with Crippen LogP contribution in [0.2, 0.25) is 5.02 Å². The zero-order chi connectivity index (χ0) is 14.6. The van der Waals surface area contributed by atoms with Gasteiger partial charge in [0.15, 0.2) is 0 Å². The van der Waals surface area contributed by atoms with Crippen LogP contribution in [0, 0.1) is 0 Å². The molecular weight excluding hydrogens is 303 g/mol. The van der Waals surface area contributed by atoms with E-state index in [4.69, 9.17) is 22.1 Å². The number of ether oxygens (including phenoxy) is 1. The van der Waals surface area contributed by atoms with Crippen LogP contribution < -0.4 is 10.5 Å². The molecule has 20 heavy (non-hydrogen) atoms. The second-order valence-electron chi connectivity index (χ2n) is 4.44. The third kappa shape index (κ3) is 4.74. The molecule has 0 aliphatic heterocycles. The summed E-state index contributed by atoms with van der Waals surface area (Å²) in [6.07, 6.45) is 0.0555. The number of aliphatic hydroxyl groups is 1. The molecule has 0 fully saturated rings. The van der Waals surface area contributed by atoms with E-state index in [0.29, 0.717) is 35.0 Å². The van der Waals surface area contributed by atoms with Crippen LogP contribution in [0.1, 0.15) is 23.7 Å². The van der Waals surface area contributed by atoms with Crippen molar-refractivity contribution in [3.8, 4) is 5.75 Å². The second-order valence-corrected chi connectivity index (χ2v) is 4.85. The average molecular weight is 323 g/mol. The Morgan fingerprint density at radius 2 is 2.15 bits per heavy atom. The number of carbonyl (C=O) groups excluding carboxylic acids is 1. The van der Waals surface area contributed by atoms with Crippen LogP contribution in [0.15, 0.2) is 12.1 Å². The van der Waals surface area contributed by atoms with E-state index in [1.165, 1.54) is 24.1 Å². The van der Waals surface area contributed by atoms with E-state index in [1.807, 2.05) is 0 Å². The van der Waals surface area contributed by atoms with Crippen LogP contribution in [0.4, 0.5) is 5.69 Å². The Labute approximate surface area is 130 Å². The first kappa shape index (κ1) is 18.8. The summed E-state index contributed by atoms with van der Waals surface area (Å²) in [6.45, 7) is 2.13. The van der Waals surface area contributed by atoms with E-state index in [2.05, 4.69) is 0 Å². The molecule has 0 spiro atoms. The fourth-order valence-electron chi connectivity index (χ4n) is 1.59. The van der Waals surface area contributed by atoms with Gasteiger partial charge in [-0.3, -0.25) is 4.79 Å². The maximum atomic E-state index is 12.3. The maximum Gasteiger partial charge on any atom is 0.257 e. The minimum Gasteiger partial charge on any atom is -0.496 e. The third-order valence-corrected chi connectivity index (χ3v) is 3.11. The van der Waals surface area contributed by atoms with Crippen LogP contribution in [-0.2, 0) is 0 Å². The molecule has 1 aromatic rings. The lowest BCUT2D eigenvalue weighted by molar-refractivity contribution is 0.0765. The SMILES string of the molecule is COc1cc(N)c(Cl)cc1C(=O)N(C)CCC(C)O.Cl. The summed E-state index contributed by atoms with van der Waals surface area (Å²) in [5.74, 6) is 0.162. The summed E-state index contributed by atoms with van der Waals surface area (Å²) in [7, 11) is 3.13. The van der Waals surface area contributed by atoms with Gasteiger partial charge in [0.05, 0.1) is 29.5 Å². The minimum atomic E-state index is -0.452. The molecule has 5 nitrogen and oxygen atoms in total. The largest absolute Gasteiger partial charge is 0.496 e. The van der Waals surface area contributed by atoms with Crippen molar-refractivity contribution in [2.45, 2.75) is 19.4 Å². The van der Waals surface area contributed by atoms with E-state index in [9.17, 15) is 9.90 Å². The van der Waals surface area contributed by atoms with E-state index in [-0.39, 0.29) is 18.3 Å². The highest BCUT2D eigenvalue weighted by Gasteiger charge is 2.18. The molecule has 0 saturated heterocycles. The second kappa shape index (κ2) is 8.19. The number of methoxy groups -OCH3 is 1. The van der Waals surface area contributed by atoms with Crippen LogP contribution in [0.5, 0.6) is 5.75 Å². The number of nitrogens with zero attached hydrogens (tertiary/aromatic N) is 1. The number of halogens is 2. The Bertz CT molecular complexity index is 467. The Hall–Kier alpha value is -1.17. The summed E-state index contributed by atoms with van der Waals surface area (Å²) >= 11 is 5.93. The van der Waals surface area contributed by atoms with Gasteiger partial charge in [-0.1, -0.05) is 11.6 Å². The fourth-order valence-corrected chi connectivity index (χ4v) is 1.76. The summed E-state index contributed by atoms with van der Waals surface area (Å²) in [6, 6.07) is 3.02. The normalized spacial score (nSPS) is 11.4. The predicted octanol–water partition coefficient (Wildman–Crippen LogP) is 2.20. The van der Waals surface area contributed by atoms with E-state index < -0.39 is 6.10 Å². The molecule has 1 amide bonds. The fraction of sp³-hybridized carbons (Fsp3) is 0.462. The highest BCUT2D eigenvalue weighted by molar-refractivity contribution is 6.33. The minimum absolute atomic E-state index is 0. The molecule has 7 heteroatoms. The van der Waals surface area contributed by atoms with Crippen molar-refractivity contribution in [3.63, 3.8) is 0 Å². The summed E-state index contributed by atoms with van der Waals surface area (Å²) in [5.41, 5.74) is 6.39. The number of nitrogen functional groups attached to an aromatic ring is 1. The molecule has 0 aliphatic rings. The summed E-state index contributed by atoms with van der Waals surface area (Å²) < 4.78 is 5.14. The first-order chi connectivity index (χ1) is 8.86. The molecule has 0 aromatic heterocycles. The summed E-state index contributed by atoms with van der Waals surface area (Å²) in [5, 5.41) is 9.55. The highest BCUT2D eigenvalue weighted by atomic mass is 35.5. The van der Waals surface area contributed by atoms with Crippen molar-refractivity contribution >= 4 is 35.6 Å². The van der Waals surface area contributed by atoms with Gasteiger partial charge in [0.1, 0.15) is 5.75 Å². The van der Waals surface area contributed by atoms with Gasteiger partial charge in [-0.05, 0) is 19.4 Å².